The quantitative estimate of drug-likeness (QED) is 0.0141. The molecule has 0 radical (unpaired) electrons. The van der Waals surface area contributed by atoms with Crippen LogP contribution in [0.2, 0.25) is 0 Å². The molecule has 540 valence electrons. The van der Waals surface area contributed by atoms with Crippen molar-refractivity contribution in [2.24, 2.45) is 5.73 Å². The monoisotopic (exact) mass is 1380 g/mol. The number of nitrogens with two attached hydrogens (primary N) is 1. The number of amides is 2. The van der Waals surface area contributed by atoms with E-state index in [0.717, 1.165) is 187 Å². The molecule has 2 aliphatic carbocycles. The van der Waals surface area contributed by atoms with Gasteiger partial charge in [-0.3, -0.25) is 28.3 Å². The van der Waals surface area contributed by atoms with E-state index in [0.29, 0.717) is 43.6 Å². The van der Waals surface area contributed by atoms with Crippen LogP contribution in [-0.4, -0.2) is 194 Å². The number of likely N-dealkylation sites (tertiary alicyclic amines) is 1. The number of carbonyl (C=O) groups excluding carboxylic acids is 2. The Morgan fingerprint density at radius 3 is 1.63 bits per heavy atom. The molecule has 0 spiro atoms. The normalized spacial score (nSPS) is 15.6. The van der Waals surface area contributed by atoms with Crippen LogP contribution in [0.25, 0.3) is 21.8 Å². The zero-order valence-electron chi connectivity index (χ0n) is 57.3. The van der Waals surface area contributed by atoms with E-state index in [9.17, 15) is 24.1 Å². The van der Waals surface area contributed by atoms with E-state index in [1.54, 1.807) is 0 Å². The highest BCUT2D eigenvalue weighted by atomic mass is 31.2. The van der Waals surface area contributed by atoms with Gasteiger partial charge in [-0.05, 0) is 147 Å². The molecule has 2 aromatic carbocycles. The van der Waals surface area contributed by atoms with Crippen LogP contribution in [0.15, 0.2) is 60.9 Å². The van der Waals surface area contributed by atoms with Crippen LogP contribution in [0.3, 0.4) is 0 Å². The van der Waals surface area contributed by atoms with E-state index in [2.05, 4.69) is 78.4 Å². The van der Waals surface area contributed by atoms with Crippen molar-refractivity contribution >= 4 is 70.7 Å². The zero-order chi connectivity index (χ0) is 69.0. The number of benzene rings is 2. The van der Waals surface area contributed by atoms with E-state index in [1.807, 2.05) is 75.2 Å². The molecule has 30 heteroatoms. The Morgan fingerprint density at radius 1 is 0.571 bits per heavy atom. The number of carbonyl (C=O) groups is 3. The number of unbranched alkanes of at least 4 members (excludes halogenated alkanes) is 5. The van der Waals surface area contributed by atoms with Crippen LogP contribution in [0.4, 0.5) is 23.5 Å². The molecule has 98 heavy (non-hydrogen) atoms. The number of anilines is 4. The number of nitrogens with zero attached hydrogens (tertiary/aromatic N) is 11. The van der Waals surface area contributed by atoms with Crippen molar-refractivity contribution in [3.8, 4) is 0 Å². The number of aliphatic hydroxyl groups is 1. The van der Waals surface area contributed by atoms with Gasteiger partial charge >= 0.3 is 13.6 Å². The number of aromatic nitrogens is 10. The molecule has 9 rings (SSSR count). The van der Waals surface area contributed by atoms with Crippen molar-refractivity contribution in [2.75, 3.05) is 92.9 Å². The second kappa shape index (κ2) is 42.8. The lowest BCUT2D eigenvalue weighted by Crippen LogP contribution is -2.42. The van der Waals surface area contributed by atoms with Gasteiger partial charge in [-0.25, -0.2) is 9.97 Å². The molecule has 5 heterocycles. The highest BCUT2D eigenvalue weighted by Gasteiger charge is 2.25. The molecule has 2 amide bonds. The summed E-state index contributed by atoms with van der Waals surface area (Å²) in [7, 11) is -3.89. The number of aliphatic hydroxyl groups excluding tert-OH is 1. The molecular weight excluding hydrogens is 1270 g/mol. The molecule has 1 aliphatic heterocycles. The van der Waals surface area contributed by atoms with Crippen LogP contribution < -0.4 is 53.6 Å². The first-order chi connectivity index (χ1) is 47.7. The Balaban J connectivity index is 0.000000252. The Morgan fingerprint density at radius 2 is 1.08 bits per heavy atom. The molecule has 4 aromatic heterocycles. The van der Waals surface area contributed by atoms with Gasteiger partial charge in [0.1, 0.15) is 29.1 Å². The number of hydrogen-bond acceptors (Lipinski definition) is 22. The van der Waals surface area contributed by atoms with Crippen LogP contribution >= 0.6 is 7.60 Å². The largest absolute Gasteiger partial charge is 0.480 e. The molecule has 3 aliphatic rings. The zero-order valence-corrected chi connectivity index (χ0v) is 58.2. The van der Waals surface area contributed by atoms with Gasteiger partial charge in [0.2, 0.25) is 23.7 Å². The van der Waals surface area contributed by atoms with Crippen LogP contribution in [0.1, 0.15) is 172 Å². The van der Waals surface area contributed by atoms with Crippen molar-refractivity contribution in [2.45, 2.75) is 217 Å². The molecule has 0 bridgehead atoms. The summed E-state index contributed by atoms with van der Waals surface area (Å²) < 4.78 is 14.7. The lowest BCUT2D eigenvalue weighted by Gasteiger charge is -2.33. The van der Waals surface area contributed by atoms with Gasteiger partial charge in [-0.2, -0.15) is 9.97 Å². The standard InChI is InChI=1S/C37H61N10O4P.C31H49N11O4/c48-35(18-8-3-1-2-4-11-27-52(49,50)51)46-25-19-31(20-26-46)41-36-33-16-9-10-17-34(33)42-37(43-36)40-28-32-29-47(45-44-32)24-13-22-38-21-12-23-39-30-14-6-5-7-15-30;32-26(30(45)46)12-13-28(44)35-19-24(43)20-36-29-25-10-4-5-11-27(25)38-31(39-29)37-18-23-21-42(41-40-23)17-7-15-33-14-6-16-34-22-8-2-1-3-9-22/h9-10,16-17,29-31,38-39H,1-8,11-15,18-28H2,(H2,49,50,51)(H2,40,41,42,43);4-5,10-11,21-22,24,26,33-34,43H,1-3,6-9,12-20,32H2,(H,35,44)(H,45,46)(H2,36,37,38,39)/t;24-,26+/m.1/s1. The minimum absolute atomic E-state index is 0.00809. The van der Waals surface area contributed by atoms with Crippen LogP contribution in [0, 0.1) is 0 Å². The van der Waals surface area contributed by atoms with Crippen molar-refractivity contribution < 1.29 is 38.9 Å². The molecular formula is C68H110N21O8P. The molecule has 6 aromatic rings. The van der Waals surface area contributed by atoms with Gasteiger partial charge in [0.05, 0.1) is 42.6 Å². The molecule has 3 fully saturated rings. The number of aryl methyl sites for hydroxylation is 2. The summed E-state index contributed by atoms with van der Waals surface area (Å²) in [6.45, 7) is 10.1. The number of aliphatic carboxylic acids is 1. The van der Waals surface area contributed by atoms with Crippen LogP contribution in [0.5, 0.6) is 0 Å². The lowest BCUT2D eigenvalue weighted by molar-refractivity contribution is -0.138. The maximum Gasteiger partial charge on any atom is 0.325 e. The minimum Gasteiger partial charge on any atom is -0.480 e. The van der Waals surface area contributed by atoms with Gasteiger partial charge < -0.3 is 78.5 Å². The number of nitrogens with one attached hydrogen (secondary N) is 9. The first kappa shape index (κ1) is 76.7. The third-order valence-corrected chi connectivity index (χ3v) is 19.1. The van der Waals surface area contributed by atoms with Crippen LogP contribution in [-0.2, 0) is 45.1 Å². The summed E-state index contributed by atoms with van der Waals surface area (Å²) in [5, 5.41) is 68.6. The van der Waals surface area contributed by atoms with Gasteiger partial charge in [0.15, 0.2) is 0 Å². The van der Waals surface area contributed by atoms with Gasteiger partial charge in [-0.1, -0.05) is 98.9 Å². The summed E-state index contributed by atoms with van der Waals surface area (Å²) in [4.78, 5) is 74.3. The average Bonchev–Trinajstić information content (AvgIpc) is 0.929. The number of carboxylic acids is 1. The van der Waals surface area contributed by atoms with Crippen molar-refractivity contribution in [1.82, 2.24) is 81.4 Å². The molecule has 0 unspecified atom stereocenters. The second-order valence-electron chi connectivity index (χ2n) is 26.4. The number of rotatable bonds is 44. The SMILES string of the molecule is N[C@@H](CCC(=O)NC[C@@H](O)CNc1nc(NCc2cn(CCCNCCCNC3CCCCC3)nn2)nc2ccccc12)C(=O)O.O=C(CCCCCCCCP(=O)(O)O)N1CCC(Nc2nc(NCc3cn(CCCNCCCNC4CCCCC4)nn3)nc3ccccc23)CC1. The molecule has 15 N–H and O–H groups in total. The Hall–Kier alpha value is -7.08. The van der Waals surface area contributed by atoms with Gasteiger partial charge in [0.25, 0.3) is 0 Å². The Kier molecular flexibility index (Phi) is 33.5. The first-order valence-electron chi connectivity index (χ1n) is 36.1. The van der Waals surface area contributed by atoms with E-state index in [-0.39, 0.29) is 49.9 Å². The Labute approximate surface area is 576 Å². The van der Waals surface area contributed by atoms with E-state index >= 15 is 0 Å². The topological polar surface area (TPSA) is 400 Å². The Bertz CT molecular complexity index is 3340. The van der Waals surface area contributed by atoms with Crippen molar-refractivity contribution in [3.63, 3.8) is 0 Å². The van der Waals surface area contributed by atoms with E-state index in [4.69, 9.17) is 30.6 Å². The highest BCUT2D eigenvalue weighted by Crippen LogP contribution is 2.35. The number of para-hydroxylation sites is 2. The van der Waals surface area contributed by atoms with Crippen molar-refractivity contribution in [3.05, 3.63) is 72.3 Å². The second-order valence-corrected chi connectivity index (χ2v) is 28.1. The fourth-order valence-electron chi connectivity index (χ4n) is 12.5. The maximum atomic E-state index is 12.8. The number of carboxylic acid groups (broad SMARTS) is 1. The molecule has 2 saturated carbocycles. The van der Waals surface area contributed by atoms with E-state index in [1.165, 1.54) is 64.2 Å². The predicted molar refractivity (Wildman–Crippen MR) is 383 cm³/mol. The molecule has 1 saturated heterocycles. The smallest absolute Gasteiger partial charge is 0.325 e. The number of hydrogen-bond donors (Lipinski definition) is 14. The lowest BCUT2D eigenvalue weighted by atomic mass is 9.95. The summed E-state index contributed by atoms with van der Waals surface area (Å²) in [6, 6.07) is 16.1. The summed E-state index contributed by atoms with van der Waals surface area (Å²) in [5.74, 6) is 0.933. The number of fused-ring (bicyclic) bond motifs is 2. The first-order valence-corrected chi connectivity index (χ1v) is 37.9. The highest BCUT2D eigenvalue weighted by molar-refractivity contribution is 7.51. The fraction of sp³-hybridized carbons (Fsp3) is 0.662. The van der Waals surface area contributed by atoms with Gasteiger partial charge in [-0.15, -0.1) is 10.2 Å². The third-order valence-electron chi connectivity index (χ3n) is 18.2. The maximum absolute atomic E-state index is 12.8. The third kappa shape index (κ3) is 29.0. The molecule has 2 atom stereocenters. The molecule has 29 nitrogen and oxygen atoms in total. The fourth-order valence-corrected chi connectivity index (χ4v) is 13.2. The summed E-state index contributed by atoms with van der Waals surface area (Å²) in [6.07, 6.45) is 28.1. The summed E-state index contributed by atoms with van der Waals surface area (Å²) >= 11 is 0. The number of piperidine rings is 1. The summed E-state index contributed by atoms with van der Waals surface area (Å²) in [5.41, 5.74) is 8.62. The predicted octanol–water partition coefficient (Wildman–Crippen LogP) is 6.64. The van der Waals surface area contributed by atoms with Gasteiger partial charge in [0, 0.05) is 87.2 Å². The van der Waals surface area contributed by atoms with E-state index < -0.39 is 25.7 Å². The average molecular weight is 1380 g/mol. The van der Waals surface area contributed by atoms with Crippen molar-refractivity contribution in [1.29, 1.82) is 0 Å². The minimum atomic E-state index is -3.89.